The third kappa shape index (κ3) is 2.30. The van der Waals surface area contributed by atoms with Gasteiger partial charge in [0.05, 0.1) is 6.26 Å². The third-order valence-corrected chi connectivity index (χ3v) is 2.61. The Morgan fingerprint density at radius 3 is 2.20 bits per heavy atom. The van der Waals surface area contributed by atoms with Gasteiger partial charge in [0.25, 0.3) is 0 Å². The Labute approximate surface area is 90.7 Å². The normalized spacial score (nSPS) is 10.6. The highest BCUT2D eigenvalue weighted by Gasteiger charge is 2.04. The number of rotatable bonds is 2. The lowest BCUT2D eigenvalue weighted by Crippen LogP contribution is -1.90. The molecule has 1 heterocycles. The predicted molar refractivity (Wildman–Crippen MR) is 62.2 cm³/mol. The van der Waals surface area contributed by atoms with E-state index in [2.05, 4.69) is 39.0 Å². The van der Waals surface area contributed by atoms with E-state index in [-0.39, 0.29) is 0 Å². The first-order chi connectivity index (χ1) is 7.15. The van der Waals surface area contributed by atoms with Crippen molar-refractivity contribution in [1.29, 1.82) is 0 Å². The molecule has 1 aromatic heterocycles. The number of benzene rings is 1. The first kappa shape index (κ1) is 10.0. The summed E-state index contributed by atoms with van der Waals surface area (Å²) in [6.07, 6.45) is 2.65. The second-order valence-corrected chi connectivity index (χ2v) is 4.20. The van der Waals surface area contributed by atoms with Crippen LogP contribution in [0.4, 0.5) is 0 Å². The van der Waals surface area contributed by atoms with E-state index in [1.807, 2.05) is 6.07 Å². The zero-order valence-corrected chi connectivity index (χ0v) is 9.50. The van der Waals surface area contributed by atoms with E-state index < -0.39 is 0 Å². The van der Waals surface area contributed by atoms with Crippen molar-refractivity contribution in [2.45, 2.75) is 27.2 Å². The highest BCUT2D eigenvalue weighted by Crippen LogP contribution is 2.17. The van der Waals surface area contributed by atoms with E-state index in [9.17, 15) is 0 Å². The molecule has 0 aliphatic heterocycles. The second-order valence-electron chi connectivity index (χ2n) is 4.20. The maximum absolute atomic E-state index is 5.45. The smallest absolute Gasteiger partial charge is 0.111 e. The Bertz CT molecular complexity index is 446. The van der Waals surface area contributed by atoms with E-state index in [4.69, 9.17) is 4.42 Å². The number of hydrogen-bond donors (Lipinski definition) is 0. The van der Waals surface area contributed by atoms with Crippen LogP contribution >= 0.6 is 0 Å². The Morgan fingerprint density at radius 1 is 1.00 bits per heavy atom. The fourth-order valence-corrected chi connectivity index (χ4v) is 1.94. The van der Waals surface area contributed by atoms with Gasteiger partial charge in [-0.15, -0.1) is 0 Å². The molecule has 0 amide bonds. The number of furan rings is 1. The fourth-order valence-electron chi connectivity index (χ4n) is 1.94. The van der Waals surface area contributed by atoms with Crippen LogP contribution in [0.5, 0.6) is 0 Å². The molecule has 78 valence electrons. The van der Waals surface area contributed by atoms with Gasteiger partial charge in [-0.2, -0.15) is 0 Å². The first-order valence-corrected chi connectivity index (χ1v) is 5.25. The maximum Gasteiger partial charge on any atom is 0.111 e. The molecule has 0 unspecified atom stereocenters. The van der Waals surface area contributed by atoms with Crippen LogP contribution in [0.3, 0.4) is 0 Å². The molecule has 1 nitrogen and oxygen atoms in total. The van der Waals surface area contributed by atoms with E-state index in [1.54, 1.807) is 6.26 Å². The summed E-state index contributed by atoms with van der Waals surface area (Å²) in [6.45, 7) is 6.35. The highest BCUT2D eigenvalue weighted by atomic mass is 16.3. The minimum atomic E-state index is 0.890. The summed E-state index contributed by atoms with van der Waals surface area (Å²) < 4.78 is 5.45. The monoisotopic (exact) mass is 200 g/mol. The van der Waals surface area contributed by atoms with Crippen molar-refractivity contribution in [2.75, 3.05) is 0 Å². The van der Waals surface area contributed by atoms with E-state index in [1.165, 1.54) is 22.3 Å². The van der Waals surface area contributed by atoms with Crippen LogP contribution < -0.4 is 0 Å². The molecule has 0 saturated heterocycles. The molecule has 2 rings (SSSR count). The number of aryl methyl sites for hydroxylation is 3. The first-order valence-electron chi connectivity index (χ1n) is 5.25. The van der Waals surface area contributed by atoms with Crippen LogP contribution in [-0.2, 0) is 6.42 Å². The van der Waals surface area contributed by atoms with Crippen molar-refractivity contribution in [3.8, 4) is 0 Å². The lowest BCUT2D eigenvalue weighted by Gasteiger charge is -2.03. The minimum Gasteiger partial charge on any atom is -0.469 e. The molecule has 0 spiro atoms. The Morgan fingerprint density at radius 2 is 1.67 bits per heavy atom. The highest BCUT2D eigenvalue weighted by molar-refractivity contribution is 5.32. The van der Waals surface area contributed by atoms with Gasteiger partial charge in [0.2, 0.25) is 0 Å². The Balaban J connectivity index is 2.28. The molecule has 0 saturated carbocycles. The summed E-state index contributed by atoms with van der Waals surface area (Å²) in [6, 6.07) is 8.64. The molecule has 0 bridgehead atoms. The van der Waals surface area contributed by atoms with Gasteiger partial charge in [-0.3, -0.25) is 0 Å². The van der Waals surface area contributed by atoms with Crippen LogP contribution in [0.1, 0.15) is 28.0 Å². The summed E-state index contributed by atoms with van der Waals surface area (Å²) >= 11 is 0. The quantitative estimate of drug-likeness (QED) is 0.718. The number of hydrogen-bond acceptors (Lipinski definition) is 1. The molecule has 0 atom stereocenters. The zero-order valence-electron chi connectivity index (χ0n) is 9.50. The van der Waals surface area contributed by atoms with Crippen molar-refractivity contribution in [3.05, 3.63) is 58.5 Å². The molecule has 1 heteroatoms. The van der Waals surface area contributed by atoms with Crippen molar-refractivity contribution in [2.24, 2.45) is 0 Å². The third-order valence-electron chi connectivity index (χ3n) is 2.61. The van der Waals surface area contributed by atoms with Gasteiger partial charge in [0, 0.05) is 6.42 Å². The van der Waals surface area contributed by atoms with E-state index in [0.717, 1.165) is 12.2 Å². The molecule has 0 N–H and O–H groups in total. The van der Waals surface area contributed by atoms with Gasteiger partial charge in [-0.1, -0.05) is 29.3 Å². The predicted octanol–water partition coefficient (Wildman–Crippen LogP) is 3.80. The van der Waals surface area contributed by atoms with E-state index in [0.29, 0.717) is 0 Å². The standard InChI is InChI=1S/C14H16O/c1-10-6-11(2)8-13(7-10)9-14-12(3)4-5-15-14/h4-8H,9H2,1-3H3. The maximum atomic E-state index is 5.45. The lowest BCUT2D eigenvalue weighted by molar-refractivity contribution is 0.518. The second kappa shape index (κ2) is 3.93. The zero-order chi connectivity index (χ0) is 10.8. The van der Waals surface area contributed by atoms with Crippen molar-refractivity contribution in [1.82, 2.24) is 0 Å². The van der Waals surface area contributed by atoms with Gasteiger partial charge in [0.15, 0.2) is 0 Å². The topological polar surface area (TPSA) is 13.1 Å². The molecular weight excluding hydrogens is 184 g/mol. The van der Waals surface area contributed by atoms with Crippen LogP contribution in [0.2, 0.25) is 0 Å². The molecule has 0 fully saturated rings. The summed E-state index contributed by atoms with van der Waals surface area (Å²) in [5.74, 6) is 1.07. The SMILES string of the molecule is Cc1cc(C)cc(Cc2occc2C)c1. The van der Waals surface area contributed by atoms with Crippen molar-refractivity contribution >= 4 is 0 Å². The molecule has 2 aromatic rings. The molecule has 0 aliphatic carbocycles. The molecule has 0 aliphatic rings. The minimum absolute atomic E-state index is 0.890. The van der Waals surface area contributed by atoms with Gasteiger partial charge >= 0.3 is 0 Å². The van der Waals surface area contributed by atoms with Crippen LogP contribution in [0.15, 0.2) is 34.9 Å². The van der Waals surface area contributed by atoms with Crippen LogP contribution in [-0.4, -0.2) is 0 Å². The van der Waals surface area contributed by atoms with Crippen LogP contribution in [0, 0.1) is 20.8 Å². The molecular formula is C14H16O. The van der Waals surface area contributed by atoms with Crippen molar-refractivity contribution < 1.29 is 4.42 Å². The van der Waals surface area contributed by atoms with Gasteiger partial charge in [0.1, 0.15) is 5.76 Å². The average molecular weight is 200 g/mol. The summed E-state index contributed by atoms with van der Waals surface area (Å²) in [5.41, 5.74) is 5.18. The summed E-state index contributed by atoms with van der Waals surface area (Å²) in [7, 11) is 0. The molecule has 0 radical (unpaired) electrons. The summed E-state index contributed by atoms with van der Waals surface area (Å²) in [5, 5.41) is 0. The van der Waals surface area contributed by atoms with Crippen LogP contribution in [0.25, 0.3) is 0 Å². The van der Waals surface area contributed by atoms with Crippen molar-refractivity contribution in [3.63, 3.8) is 0 Å². The molecule has 1 aromatic carbocycles. The Kier molecular flexibility index (Phi) is 2.63. The van der Waals surface area contributed by atoms with E-state index >= 15 is 0 Å². The lowest BCUT2D eigenvalue weighted by atomic mass is 10.0. The molecule has 15 heavy (non-hydrogen) atoms. The van der Waals surface area contributed by atoms with Gasteiger partial charge in [-0.25, -0.2) is 0 Å². The van der Waals surface area contributed by atoms with Gasteiger partial charge in [-0.05, 0) is 38.0 Å². The Hall–Kier alpha value is -1.50. The summed E-state index contributed by atoms with van der Waals surface area (Å²) in [4.78, 5) is 0. The van der Waals surface area contributed by atoms with Gasteiger partial charge < -0.3 is 4.42 Å². The average Bonchev–Trinajstić information content (AvgIpc) is 2.50. The fraction of sp³-hybridized carbons (Fsp3) is 0.286. The largest absolute Gasteiger partial charge is 0.469 e.